The van der Waals surface area contributed by atoms with E-state index in [9.17, 15) is 8.78 Å². The summed E-state index contributed by atoms with van der Waals surface area (Å²) in [6.07, 6.45) is 1.35. The maximum absolute atomic E-state index is 14.3. The molecule has 0 radical (unpaired) electrons. The van der Waals surface area contributed by atoms with Gasteiger partial charge in [0.05, 0.1) is 1.37 Å². The third kappa shape index (κ3) is 4.29. The van der Waals surface area contributed by atoms with Crippen molar-refractivity contribution in [3.63, 3.8) is 0 Å². The first-order chi connectivity index (χ1) is 10.7. The number of hydrogen-bond donors (Lipinski definition) is 0. The summed E-state index contributed by atoms with van der Waals surface area (Å²) >= 11 is 0. The molecule has 0 N–H and O–H groups in total. The largest absolute Gasteiger partial charge is 0.244 e. The van der Waals surface area contributed by atoms with Gasteiger partial charge in [-0.2, -0.15) is 0 Å². The molecule has 2 aliphatic rings. The first kappa shape index (κ1) is 10.3. The molecule has 3 unspecified atom stereocenters. The lowest BCUT2D eigenvalue weighted by molar-refractivity contribution is 0.130. The van der Waals surface area contributed by atoms with E-state index >= 15 is 0 Å². The van der Waals surface area contributed by atoms with Crippen LogP contribution in [0, 0.1) is 17.7 Å². The van der Waals surface area contributed by atoms with Crippen LogP contribution in [0.1, 0.15) is 70.1 Å². The Balaban J connectivity index is 2.06. The van der Waals surface area contributed by atoms with Crippen LogP contribution in [0.2, 0.25) is 0 Å². The summed E-state index contributed by atoms with van der Waals surface area (Å²) < 4.78 is 59.9. The molecule has 0 aromatic heterocycles. The van der Waals surface area contributed by atoms with Gasteiger partial charge in [0, 0.05) is 4.11 Å². The van der Waals surface area contributed by atoms with Crippen molar-refractivity contribution in [1.82, 2.24) is 0 Å². The highest BCUT2D eigenvalue weighted by Gasteiger charge is 2.32. The molecule has 2 aliphatic carbocycles. The van der Waals surface area contributed by atoms with E-state index < -0.39 is 24.6 Å². The average Bonchev–Trinajstić information content (AvgIpc) is 2.51. The van der Waals surface area contributed by atoms with Gasteiger partial charge in [-0.1, -0.05) is 57.6 Å². The highest BCUT2D eigenvalue weighted by molar-refractivity contribution is 5.05. The maximum Gasteiger partial charge on any atom is 0.149 e. The monoisotopic (exact) mass is 274 g/mol. The van der Waals surface area contributed by atoms with E-state index in [4.69, 9.17) is 5.48 Å². The van der Waals surface area contributed by atoms with Gasteiger partial charge in [0.25, 0.3) is 0 Å². The smallest absolute Gasteiger partial charge is 0.149 e. The molecule has 0 nitrogen and oxygen atoms in total. The first-order valence-electron chi connectivity index (χ1n) is 9.69. The Hall–Kier alpha value is -0.400. The highest BCUT2D eigenvalue weighted by Crippen LogP contribution is 2.40. The highest BCUT2D eigenvalue weighted by atomic mass is 19.2. The van der Waals surface area contributed by atoms with E-state index in [2.05, 4.69) is 6.92 Å². The van der Waals surface area contributed by atoms with E-state index in [1.54, 1.807) is 0 Å². The molecular weight excluding hydrogens is 242 g/mol. The molecule has 0 heterocycles. The van der Waals surface area contributed by atoms with Gasteiger partial charge in [-0.25, -0.2) is 8.78 Å². The molecule has 0 spiro atoms. The molecule has 110 valence electrons. The molecule has 19 heavy (non-hydrogen) atoms. The molecule has 2 rings (SSSR count). The molecule has 2 heteroatoms. The maximum atomic E-state index is 14.3. The zero-order valence-electron chi connectivity index (χ0n) is 15.8. The second-order valence-corrected chi connectivity index (χ2v) is 5.90. The molecule has 0 bridgehead atoms. The van der Waals surface area contributed by atoms with Crippen LogP contribution >= 0.6 is 0 Å². The fourth-order valence-corrected chi connectivity index (χ4v) is 3.20. The van der Waals surface area contributed by atoms with Crippen LogP contribution in [-0.2, 0) is 0 Å². The van der Waals surface area contributed by atoms with Crippen LogP contribution in [0.25, 0.3) is 0 Å². The molecule has 1 fully saturated rings. The van der Waals surface area contributed by atoms with E-state index in [0.717, 1.165) is 25.3 Å². The number of hydrogen-bond acceptors (Lipinski definition) is 0. The molecule has 1 saturated carbocycles. The van der Waals surface area contributed by atoms with Crippen LogP contribution in [-0.4, -0.2) is 12.3 Å². The lowest BCUT2D eigenvalue weighted by atomic mass is 9.72. The lowest BCUT2D eigenvalue weighted by Gasteiger charge is -2.35. The standard InChI is InChI=1S/C17H28F2/c1-2-3-4-5-13-6-8-14(9-7-13)15-10-11-16(18)17(19)12-15/h10-11,13-17H,2-9,12H2,1H3/i12D2,15D,17D. The van der Waals surface area contributed by atoms with Gasteiger partial charge in [-0.05, 0) is 36.9 Å². The molecule has 0 aliphatic heterocycles. The summed E-state index contributed by atoms with van der Waals surface area (Å²) in [6.45, 7) is 2.17. The average molecular weight is 274 g/mol. The summed E-state index contributed by atoms with van der Waals surface area (Å²) in [6, 6.07) is 0. The van der Waals surface area contributed by atoms with Gasteiger partial charge in [-0.3, -0.25) is 0 Å². The first-order valence-corrected chi connectivity index (χ1v) is 7.69. The normalized spacial score (nSPS) is 52.9. The fourth-order valence-electron chi connectivity index (χ4n) is 3.20. The van der Waals surface area contributed by atoms with Crippen molar-refractivity contribution >= 4 is 0 Å². The predicted octanol–water partition coefficient (Wildman–Crippen LogP) is 5.63. The Labute approximate surface area is 122 Å². The van der Waals surface area contributed by atoms with Crippen LogP contribution in [0.3, 0.4) is 0 Å². The Morgan fingerprint density at radius 1 is 1.16 bits per heavy atom. The molecule has 0 amide bonds. The van der Waals surface area contributed by atoms with E-state index in [1.807, 2.05) is 0 Å². The summed E-state index contributed by atoms with van der Waals surface area (Å²) in [4.78, 5) is 0. The van der Waals surface area contributed by atoms with Crippen molar-refractivity contribution in [2.75, 3.05) is 0 Å². The number of halogens is 2. The Morgan fingerprint density at radius 2 is 1.89 bits per heavy atom. The van der Waals surface area contributed by atoms with Gasteiger partial charge >= 0.3 is 0 Å². The number of alkyl halides is 2. The van der Waals surface area contributed by atoms with Crippen molar-refractivity contribution in [2.24, 2.45) is 17.7 Å². The summed E-state index contributed by atoms with van der Waals surface area (Å²) in [5.41, 5.74) is 0. The summed E-state index contributed by atoms with van der Waals surface area (Å²) in [5, 5.41) is 0. The van der Waals surface area contributed by atoms with Crippen molar-refractivity contribution in [3.8, 4) is 0 Å². The van der Waals surface area contributed by atoms with E-state index in [0.29, 0.717) is 18.8 Å². The minimum absolute atomic E-state index is 0.357. The minimum atomic E-state index is -3.40. The Bertz CT molecular complexity index is 430. The number of allylic oxidation sites excluding steroid dienone is 2. The summed E-state index contributed by atoms with van der Waals surface area (Å²) in [5.74, 6) is -1.62. The van der Waals surface area contributed by atoms with Crippen LogP contribution in [0.15, 0.2) is 12.2 Å². The van der Waals surface area contributed by atoms with Crippen LogP contribution < -0.4 is 0 Å². The number of rotatable bonds is 5. The van der Waals surface area contributed by atoms with E-state index in [1.165, 1.54) is 25.3 Å². The Kier molecular flexibility index (Phi) is 4.03. The van der Waals surface area contributed by atoms with Gasteiger partial charge in [-0.15, -0.1) is 0 Å². The SMILES string of the molecule is [2H]C1(F)C(F)C=CC([2H])(C2CCC(CCCCC)CC2)C1([2H])[2H]. The van der Waals surface area contributed by atoms with Crippen molar-refractivity contribution in [3.05, 3.63) is 12.2 Å². The van der Waals surface area contributed by atoms with Crippen molar-refractivity contribution in [1.29, 1.82) is 0 Å². The van der Waals surface area contributed by atoms with Gasteiger partial charge in [0.1, 0.15) is 12.3 Å². The van der Waals surface area contributed by atoms with Crippen LogP contribution in [0.4, 0.5) is 8.78 Å². The van der Waals surface area contributed by atoms with Gasteiger partial charge in [0.15, 0.2) is 0 Å². The van der Waals surface area contributed by atoms with Crippen LogP contribution in [0.5, 0.6) is 0 Å². The van der Waals surface area contributed by atoms with Gasteiger partial charge in [0.2, 0.25) is 0 Å². The molecule has 0 saturated heterocycles. The molecule has 0 aromatic carbocycles. The number of unbranched alkanes of at least 4 members (excludes halogenated alkanes) is 2. The Morgan fingerprint density at radius 3 is 2.58 bits per heavy atom. The second kappa shape index (κ2) is 7.40. The minimum Gasteiger partial charge on any atom is -0.244 e. The quantitative estimate of drug-likeness (QED) is 0.450. The topological polar surface area (TPSA) is 0 Å². The molecule has 3 atom stereocenters. The lowest BCUT2D eigenvalue weighted by Crippen LogP contribution is -2.29. The third-order valence-electron chi connectivity index (χ3n) is 4.45. The third-order valence-corrected chi connectivity index (χ3v) is 4.45. The van der Waals surface area contributed by atoms with Crippen molar-refractivity contribution < 1.29 is 14.3 Å². The fraction of sp³-hybridized carbons (Fsp3) is 0.882. The van der Waals surface area contributed by atoms with Crippen molar-refractivity contribution in [2.45, 2.75) is 77.0 Å². The predicted molar refractivity (Wildman–Crippen MR) is 76.6 cm³/mol. The van der Waals surface area contributed by atoms with E-state index in [-0.39, 0.29) is 5.92 Å². The molecule has 0 aromatic rings. The summed E-state index contributed by atoms with van der Waals surface area (Å²) in [7, 11) is 0. The zero-order valence-corrected chi connectivity index (χ0v) is 11.8. The second-order valence-electron chi connectivity index (χ2n) is 5.90. The van der Waals surface area contributed by atoms with Gasteiger partial charge < -0.3 is 0 Å². The zero-order chi connectivity index (χ0) is 17.3. The molecular formula is C17H28F2.